The van der Waals surface area contributed by atoms with Gasteiger partial charge in [0.2, 0.25) is 5.91 Å². The fourth-order valence-electron chi connectivity index (χ4n) is 2.34. The Balaban J connectivity index is 1.83. The van der Waals surface area contributed by atoms with Crippen molar-refractivity contribution in [2.24, 2.45) is 0 Å². The fraction of sp³-hybridized carbons (Fsp3) is 0.562. The Kier molecular flexibility index (Phi) is 6.86. The Hall–Kier alpha value is -1.40. The molecule has 1 aromatic rings. The van der Waals surface area contributed by atoms with Gasteiger partial charge >= 0.3 is 0 Å². The van der Waals surface area contributed by atoms with Gasteiger partial charge in [-0.1, -0.05) is 6.07 Å². The first-order valence-corrected chi connectivity index (χ1v) is 8.76. The summed E-state index contributed by atoms with van der Waals surface area (Å²) in [4.78, 5) is 12.0. The number of rotatable bonds is 7. The van der Waals surface area contributed by atoms with Crippen LogP contribution in [0.1, 0.15) is 18.9 Å². The van der Waals surface area contributed by atoms with Crippen LogP contribution in [0.4, 0.5) is 0 Å². The Morgan fingerprint density at radius 1 is 1.45 bits per heavy atom. The number of carbonyl (C=O) groups excluding carboxylic acids is 1. The number of hydrogen-bond acceptors (Lipinski definition) is 5. The maximum absolute atomic E-state index is 12.0. The Morgan fingerprint density at radius 3 is 3.00 bits per heavy atom. The standard InChI is InChI=1S/C16H24N2O3S/c1-3-21-14-5-4-12(8-15(14)20-2)10-18-16(19)9-13-11-22-7-6-17-13/h4-5,8,13,17H,3,6-7,9-11H2,1-2H3,(H,18,19). The highest BCUT2D eigenvalue weighted by Crippen LogP contribution is 2.27. The van der Waals surface area contributed by atoms with Gasteiger partial charge in [-0.05, 0) is 24.6 Å². The number of amides is 1. The van der Waals surface area contributed by atoms with E-state index in [4.69, 9.17) is 9.47 Å². The van der Waals surface area contributed by atoms with E-state index in [1.54, 1.807) is 7.11 Å². The maximum atomic E-state index is 12.0. The van der Waals surface area contributed by atoms with E-state index in [1.165, 1.54) is 0 Å². The van der Waals surface area contributed by atoms with Gasteiger partial charge in [0, 0.05) is 37.1 Å². The minimum Gasteiger partial charge on any atom is -0.493 e. The quantitative estimate of drug-likeness (QED) is 0.801. The van der Waals surface area contributed by atoms with Crippen molar-refractivity contribution in [3.05, 3.63) is 23.8 Å². The molecule has 5 nitrogen and oxygen atoms in total. The molecule has 0 aromatic heterocycles. The van der Waals surface area contributed by atoms with E-state index in [1.807, 2.05) is 36.9 Å². The molecule has 2 rings (SSSR count). The third-order valence-electron chi connectivity index (χ3n) is 3.45. The Morgan fingerprint density at radius 2 is 2.32 bits per heavy atom. The summed E-state index contributed by atoms with van der Waals surface area (Å²) < 4.78 is 10.8. The third kappa shape index (κ3) is 5.10. The average molecular weight is 324 g/mol. The zero-order chi connectivity index (χ0) is 15.8. The number of hydrogen-bond donors (Lipinski definition) is 2. The second-order valence-electron chi connectivity index (χ2n) is 5.13. The lowest BCUT2D eigenvalue weighted by atomic mass is 10.2. The molecule has 6 heteroatoms. The molecule has 22 heavy (non-hydrogen) atoms. The van der Waals surface area contributed by atoms with E-state index in [9.17, 15) is 4.79 Å². The molecule has 1 aliphatic rings. The predicted octanol–water partition coefficient (Wildman–Crippen LogP) is 1.81. The summed E-state index contributed by atoms with van der Waals surface area (Å²) in [6, 6.07) is 6.01. The largest absolute Gasteiger partial charge is 0.493 e. The Labute approximate surface area is 136 Å². The number of methoxy groups -OCH3 is 1. The molecule has 2 N–H and O–H groups in total. The van der Waals surface area contributed by atoms with Gasteiger partial charge in [0.15, 0.2) is 11.5 Å². The van der Waals surface area contributed by atoms with Gasteiger partial charge in [-0.2, -0.15) is 11.8 Å². The van der Waals surface area contributed by atoms with Crippen LogP contribution in [-0.2, 0) is 11.3 Å². The first-order valence-electron chi connectivity index (χ1n) is 7.60. The molecule has 1 heterocycles. The molecule has 1 aromatic carbocycles. The van der Waals surface area contributed by atoms with Gasteiger partial charge < -0.3 is 20.1 Å². The molecule has 122 valence electrons. The van der Waals surface area contributed by atoms with Crippen LogP contribution >= 0.6 is 11.8 Å². The van der Waals surface area contributed by atoms with E-state index < -0.39 is 0 Å². The molecule has 0 bridgehead atoms. The van der Waals surface area contributed by atoms with Gasteiger partial charge in [-0.25, -0.2) is 0 Å². The van der Waals surface area contributed by atoms with Crippen molar-refractivity contribution < 1.29 is 14.3 Å². The van der Waals surface area contributed by atoms with E-state index >= 15 is 0 Å². The van der Waals surface area contributed by atoms with Crippen molar-refractivity contribution in [3.63, 3.8) is 0 Å². The van der Waals surface area contributed by atoms with Gasteiger partial charge in [-0.15, -0.1) is 0 Å². The van der Waals surface area contributed by atoms with Gasteiger partial charge in [0.25, 0.3) is 0 Å². The van der Waals surface area contributed by atoms with Gasteiger partial charge in [0.1, 0.15) is 0 Å². The maximum Gasteiger partial charge on any atom is 0.221 e. The summed E-state index contributed by atoms with van der Waals surface area (Å²) in [6.07, 6.45) is 0.529. The predicted molar refractivity (Wildman–Crippen MR) is 89.7 cm³/mol. The number of nitrogens with one attached hydrogen (secondary N) is 2. The number of carbonyl (C=O) groups is 1. The van der Waals surface area contributed by atoms with Crippen molar-refractivity contribution in [1.29, 1.82) is 0 Å². The summed E-state index contributed by atoms with van der Waals surface area (Å²) in [5, 5.41) is 6.33. The molecular weight excluding hydrogens is 300 g/mol. The number of thioether (sulfide) groups is 1. The van der Waals surface area contributed by atoms with E-state index in [0.717, 1.165) is 29.4 Å². The highest BCUT2D eigenvalue weighted by molar-refractivity contribution is 7.99. The zero-order valence-electron chi connectivity index (χ0n) is 13.2. The zero-order valence-corrected chi connectivity index (χ0v) is 14.0. The normalized spacial score (nSPS) is 17.8. The van der Waals surface area contributed by atoms with E-state index in [0.29, 0.717) is 25.3 Å². The van der Waals surface area contributed by atoms with Crippen molar-refractivity contribution in [2.45, 2.75) is 25.9 Å². The van der Waals surface area contributed by atoms with Crippen molar-refractivity contribution in [1.82, 2.24) is 10.6 Å². The molecule has 1 saturated heterocycles. The van der Waals surface area contributed by atoms with Crippen molar-refractivity contribution >= 4 is 17.7 Å². The smallest absolute Gasteiger partial charge is 0.221 e. The highest BCUT2D eigenvalue weighted by Gasteiger charge is 2.16. The molecule has 1 aliphatic heterocycles. The minimum atomic E-state index is 0.0767. The van der Waals surface area contributed by atoms with Crippen LogP contribution in [0.25, 0.3) is 0 Å². The molecule has 1 atom stereocenters. The average Bonchev–Trinajstić information content (AvgIpc) is 2.55. The first-order chi connectivity index (χ1) is 10.7. The number of benzene rings is 1. The molecule has 0 radical (unpaired) electrons. The van der Waals surface area contributed by atoms with Gasteiger partial charge in [0.05, 0.1) is 13.7 Å². The minimum absolute atomic E-state index is 0.0767. The van der Waals surface area contributed by atoms with E-state index in [-0.39, 0.29) is 11.9 Å². The molecule has 1 fully saturated rings. The van der Waals surface area contributed by atoms with Crippen LogP contribution in [0.5, 0.6) is 11.5 Å². The summed E-state index contributed by atoms with van der Waals surface area (Å²) >= 11 is 1.90. The molecular formula is C16H24N2O3S. The second kappa shape index (κ2) is 8.90. The summed E-state index contributed by atoms with van der Waals surface area (Å²) in [7, 11) is 1.62. The monoisotopic (exact) mass is 324 g/mol. The summed E-state index contributed by atoms with van der Waals surface area (Å²) in [5.74, 6) is 3.63. The fourth-order valence-corrected chi connectivity index (χ4v) is 3.29. The lowest BCUT2D eigenvalue weighted by Crippen LogP contribution is -2.41. The summed E-state index contributed by atoms with van der Waals surface area (Å²) in [5.41, 5.74) is 1.000. The van der Waals surface area contributed by atoms with E-state index in [2.05, 4.69) is 10.6 Å². The second-order valence-corrected chi connectivity index (χ2v) is 6.27. The third-order valence-corrected chi connectivity index (χ3v) is 4.58. The van der Waals surface area contributed by atoms with Crippen LogP contribution in [0.15, 0.2) is 18.2 Å². The topological polar surface area (TPSA) is 59.6 Å². The van der Waals surface area contributed by atoms with Crippen LogP contribution in [0.2, 0.25) is 0 Å². The number of ether oxygens (including phenoxy) is 2. The van der Waals surface area contributed by atoms with Crippen LogP contribution < -0.4 is 20.1 Å². The molecule has 0 aliphatic carbocycles. The lowest BCUT2D eigenvalue weighted by Gasteiger charge is -2.22. The molecule has 1 amide bonds. The van der Waals surface area contributed by atoms with Crippen molar-refractivity contribution in [3.8, 4) is 11.5 Å². The summed E-state index contributed by atoms with van der Waals surface area (Å²) in [6.45, 7) is 4.02. The molecule has 0 spiro atoms. The molecule has 1 unspecified atom stereocenters. The first kappa shape index (κ1) is 17.0. The van der Waals surface area contributed by atoms with Crippen LogP contribution in [-0.4, -0.2) is 43.7 Å². The van der Waals surface area contributed by atoms with Crippen LogP contribution in [0, 0.1) is 0 Å². The Bertz CT molecular complexity index is 490. The SMILES string of the molecule is CCOc1ccc(CNC(=O)CC2CSCCN2)cc1OC. The van der Waals surface area contributed by atoms with Crippen LogP contribution in [0.3, 0.4) is 0 Å². The highest BCUT2D eigenvalue weighted by atomic mass is 32.2. The van der Waals surface area contributed by atoms with Crippen molar-refractivity contribution in [2.75, 3.05) is 31.8 Å². The molecule has 0 saturated carbocycles. The lowest BCUT2D eigenvalue weighted by molar-refractivity contribution is -0.121. The van der Waals surface area contributed by atoms with Gasteiger partial charge in [-0.3, -0.25) is 4.79 Å².